The van der Waals surface area contributed by atoms with Crippen LogP contribution in [-0.2, 0) is 0 Å². The maximum atomic E-state index is 6.23. The van der Waals surface area contributed by atoms with Crippen molar-refractivity contribution in [3.8, 4) is 5.75 Å². The zero-order valence-corrected chi connectivity index (χ0v) is 10.7. The number of benzene rings is 2. The Morgan fingerprint density at radius 1 is 0.944 bits per heavy atom. The Kier molecular flexibility index (Phi) is 4.37. The van der Waals surface area contributed by atoms with Crippen LogP contribution in [0.3, 0.4) is 0 Å². The van der Waals surface area contributed by atoms with E-state index in [1.807, 2.05) is 54.6 Å². The van der Waals surface area contributed by atoms with Gasteiger partial charge in [0.25, 0.3) is 0 Å². The van der Waals surface area contributed by atoms with Crippen LogP contribution in [0.1, 0.15) is 30.5 Å². The highest BCUT2D eigenvalue weighted by Crippen LogP contribution is 2.21. The average molecular weight is 241 g/mol. The summed E-state index contributed by atoms with van der Waals surface area (Å²) in [6, 6.07) is 18.1. The summed E-state index contributed by atoms with van der Waals surface area (Å²) in [7, 11) is 0. The van der Waals surface area contributed by atoms with E-state index in [0.29, 0.717) is 0 Å². The molecule has 0 saturated carbocycles. The first-order valence-corrected chi connectivity index (χ1v) is 6.34. The molecule has 0 radical (unpaired) electrons. The molecule has 0 aliphatic carbocycles. The van der Waals surface area contributed by atoms with Gasteiger partial charge in [0.15, 0.2) is 0 Å². The molecule has 2 rings (SSSR count). The molecule has 0 aliphatic rings. The van der Waals surface area contributed by atoms with Crippen LogP contribution in [0.5, 0.6) is 5.75 Å². The first-order valence-electron chi connectivity index (χ1n) is 6.34. The molecule has 0 amide bonds. The van der Waals surface area contributed by atoms with Gasteiger partial charge in [0.1, 0.15) is 5.75 Å². The van der Waals surface area contributed by atoms with Gasteiger partial charge in [-0.25, -0.2) is 0 Å². The van der Waals surface area contributed by atoms with Gasteiger partial charge in [0.05, 0.1) is 12.6 Å². The standard InChI is InChI=1S/C16H19NO/c1-2-12-18-15-10-8-14(9-11-15)16(17)13-6-4-3-5-7-13/h3-11,16H,2,12,17H2,1H3. The van der Waals surface area contributed by atoms with E-state index in [4.69, 9.17) is 10.5 Å². The summed E-state index contributed by atoms with van der Waals surface area (Å²) in [6.07, 6.45) is 1.02. The number of ether oxygens (including phenoxy) is 1. The van der Waals surface area contributed by atoms with Crippen LogP contribution in [0.15, 0.2) is 54.6 Å². The second kappa shape index (κ2) is 6.22. The molecule has 94 valence electrons. The largest absolute Gasteiger partial charge is 0.494 e. The molecule has 0 aromatic heterocycles. The normalized spacial score (nSPS) is 12.1. The van der Waals surface area contributed by atoms with Crippen molar-refractivity contribution in [3.63, 3.8) is 0 Å². The molecular weight excluding hydrogens is 222 g/mol. The number of hydrogen-bond acceptors (Lipinski definition) is 2. The molecule has 0 aliphatic heterocycles. The number of hydrogen-bond donors (Lipinski definition) is 1. The molecule has 0 heterocycles. The minimum atomic E-state index is -0.0774. The lowest BCUT2D eigenvalue weighted by atomic mass is 10.00. The minimum absolute atomic E-state index is 0.0774. The maximum Gasteiger partial charge on any atom is 0.119 e. The minimum Gasteiger partial charge on any atom is -0.494 e. The molecule has 2 aromatic rings. The van der Waals surface area contributed by atoms with Crippen molar-refractivity contribution in [1.29, 1.82) is 0 Å². The molecule has 0 spiro atoms. The smallest absolute Gasteiger partial charge is 0.119 e. The first kappa shape index (κ1) is 12.7. The molecule has 1 unspecified atom stereocenters. The fraction of sp³-hybridized carbons (Fsp3) is 0.250. The summed E-state index contributed by atoms with van der Waals surface area (Å²) in [5, 5.41) is 0. The fourth-order valence-corrected chi connectivity index (χ4v) is 1.84. The van der Waals surface area contributed by atoms with Gasteiger partial charge in [0, 0.05) is 0 Å². The Hall–Kier alpha value is -1.80. The molecule has 2 N–H and O–H groups in total. The van der Waals surface area contributed by atoms with Gasteiger partial charge in [-0.15, -0.1) is 0 Å². The Balaban J connectivity index is 2.09. The van der Waals surface area contributed by atoms with Crippen LogP contribution in [-0.4, -0.2) is 6.61 Å². The predicted octanol–water partition coefficient (Wildman–Crippen LogP) is 3.52. The molecule has 0 fully saturated rings. The van der Waals surface area contributed by atoms with Crippen LogP contribution in [0.2, 0.25) is 0 Å². The topological polar surface area (TPSA) is 35.2 Å². The second-order valence-electron chi connectivity index (χ2n) is 4.31. The van der Waals surface area contributed by atoms with E-state index in [0.717, 1.165) is 29.9 Å². The lowest BCUT2D eigenvalue weighted by Crippen LogP contribution is -2.11. The van der Waals surface area contributed by atoms with E-state index in [1.54, 1.807) is 0 Å². The maximum absolute atomic E-state index is 6.23. The van der Waals surface area contributed by atoms with Gasteiger partial charge < -0.3 is 10.5 Å². The summed E-state index contributed by atoms with van der Waals surface area (Å²) in [5.74, 6) is 0.904. The van der Waals surface area contributed by atoms with Crippen molar-refractivity contribution in [2.24, 2.45) is 5.73 Å². The van der Waals surface area contributed by atoms with E-state index in [9.17, 15) is 0 Å². The van der Waals surface area contributed by atoms with Gasteiger partial charge in [0.2, 0.25) is 0 Å². The van der Waals surface area contributed by atoms with E-state index in [2.05, 4.69) is 6.92 Å². The molecule has 1 atom stereocenters. The fourth-order valence-electron chi connectivity index (χ4n) is 1.84. The van der Waals surface area contributed by atoms with E-state index in [-0.39, 0.29) is 6.04 Å². The summed E-state index contributed by atoms with van der Waals surface area (Å²) in [5.41, 5.74) is 8.45. The zero-order chi connectivity index (χ0) is 12.8. The molecule has 2 nitrogen and oxygen atoms in total. The molecule has 18 heavy (non-hydrogen) atoms. The highest BCUT2D eigenvalue weighted by atomic mass is 16.5. The van der Waals surface area contributed by atoms with Crippen LogP contribution in [0, 0.1) is 0 Å². The third-order valence-electron chi connectivity index (χ3n) is 2.87. The monoisotopic (exact) mass is 241 g/mol. The average Bonchev–Trinajstić information content (AvgIpc) is 2.46. The summed E-state index contributed by atoms with van der Waals surface area (Å²) < 4.78 is 5.55. The lowest BCUT2D eigenvalue weighted by Gasteiger charge is -2.13. The summed E-state index contributed by atoms with van der Waals surface area (Å²) in [6.45, 7) is 2.85. The van der Waals surface area contributed by atoms with Crippen molar-refractivity contribution < 1.29 is 4.74 Å². The Morgan fingerprint density at radius 3 is 2.17 bits per heavy atom. The van der Waals surface area contributed by atoms with E-state index >= 15 is 0 Å². The van der Waals surface area contributed by atoms with Crippen molar-refractivity contribution in [3.05, 3.63) is 65.7 Å². The third-order valence-corrected chi connectivity index (χ3v) is 2.87. The molecular formula is C16H19NO. The summed E-state index contributed by atoms with van der Waals surface area (Å²) in [4.78, 5) is 0. The van der Waals surface area contributed by atoms with Crippen molar-refractivity contribution >= 4 is 0 Å². The Morgan fingerprint density at radius 2 is 1.56 bits per heavy atom. The molecule has 0 bridgehead atoms. The van der Waals surface area contributed by atoms with Gasteiger partial charge in [-0.3, -0.25) is 0 Å². The van der Waals surface area contributed by atoms with Gasteiger partial charge >= 0.3 is 0 Å². The highest BCUT2D eigenvalue weighted by Gasteiger charge is 2.07. The van der Waals surface area contributed by atoms with Crippen LogP contribution in [0.25, 0.3) is 0 Å². The van der Waals surface area contributed by atoms with E-state index < -0.39 is 0 Å². The second-order valence-corrected chi connectivity index (χ2v) is 4.31. The van der Waals surface area contributed by atoms with Gasteiger partial charge in [-0.2, -0.15) is 0 Å². The number of nitrogens with two attached hydrogens (primary N) is 1. The number of rotatable bonds is 5. The van der Waals surface area contributed by atoms with Crippen molar-refractivity contribution in [1.82, 2.24) is 0 Å². The Labute approximate surface area is 108 Å². The van der Waals surface area contributed by atoms with Crippen molar-refractivity contribution in [2.45, 2.75) is 19.4 Å². The Bertz CT molecular complexity index is 464. The quantitative estimate of drug-likeness (QED) is 0.869. The van der Waals surface area contributed by atoms with E-state index in [1.165, 1.54) is 0 Å². The van der Waals surface area contributed by atoms with Crippen molar-refractivity contribution in [2.75, 3.05) is 6.61 Å². The highest BCUT2D eigenvalue weighted by molar-refractivity contribution is 5.34. The van der Waals surface area contributed by atoms with Crippen LogP contribution < -0.4 is 10.5 Å². The van der Waals surface area contributed by atoms with Crippen LogP contribution >= 0.6 is 0 Å². The third kappa shape index (κ3) is 3.11. The molecule has 0 saturated heterocycles. The molecule has 2 heteroatoms. The predicted molar refractivity (Wildman–Crippen MR) is 74.7 cm³/mol. The lowest BCUT2D eigenvalue weighted by molar-refractivity contribution is 0.317. The summed E-state index contributed by atoms with van der Waals surface area (Å²) >= 11 is 0. The van der Waals surface area contributed by atoms with Gasteiger partial charge in [-0.05, 0) is 29.7 Å². The zero-order valence-electron chi connectivity index (χ0n) is 10.7. The molecule has 2 aromatic carbocycles. The SMILES string of the molecule is CCCOc1ccc(C(N)c2ccccc2)cc1. The first-order chi connectivity index (χ1) is 8.81. The van der Waals surface area contributed by atoms with Crippen LogP contribution in [0.4, 0.5) is 0 Å². The van der Waals surface area contributed by atoms with Gasteiger partial charge in [-0.1, -0.05) is 49.4 Å².